The van der Waals surface area contributed by atoms with Gasteiger partial charge in [0.05, 0.1) is 10.7 Å². The summed E-state index contributed by atoms with van der Waals surface area (Å²) in [5, 5.41) is 9.38. The summed E-state index contributed by atoms with van der Waals surface area (Å²) in [6, 6.07) is 8.04. The van der Waals surface area contributed by atoms with Gasteiger partial charge in [-0.3, -0.25) is 5.10 Å². The lowest BCUT2D eigenvalue weighted by Gasteiger charge is -1.87. The average Bonchev–Trinajstić information content (AvgIpc) is 2.95. The number of rotatable bonds is 2. The van der Waals surface area contributed by atoms with Gasteiger partial charge in [0.15, 0.2) is 0 Å². The molecule has 2 N–H and O–H groups in total. The van der Waals surface area contributed by atoms with Crippen molar-refractivity contribution in [2.24, 2.45) is 0 Å². The largest absolute Gasteiger partial charge is 0.338 e. The van der Waals surface area contributed by atoms with Crippen LogP contribution in [0.3, 0.4) is 0 Å². The molecule has 0 bridgehead atoms. The van der Waals surface area contributed by atoms with E-state index in [0.717, 1.165) is 27.4 Å². The van der Waals surface area contributed by atoms with Crippen LogP contribution in [0.5, 0.6) is 0 Å². The van der Waals surface area contributed by atoms with Gasteiger partial charge in [0.25, 0.3) is 0 Å². The van der Waals surface area contributed by atoms with E-state index in [4.69, 9.17) is 0 Å². The van der Waals surface area contributed by atoms with Crippen LogP contribution in [-0.2, 0) is 0 Å². The lowest BCUT2D eigenvalue weighted by molar-refractivity contribution is 1.01. The van der Waals surface area contributed by atoms with Crippen molar-refractivity contribution < 1.29 is 0 Å². The number of nitrogens with zero attached hydrogens (tertiary/aromatic N) is 2. The van der Waals surface area contributed by atoms with Crippen molar-refractivity contribution in [3.05, 3.63) is 30.5 Å². The summed E-state index contributed by atoms with van der Waals surface area (Å²) in [4.78, 5) is 7.50. The van der Waals surface area contributed by atoms with Gasteiger partial charge in [-0.1, -0.05) is 0 Å². The van der Waals surface area contributed by atoms with Gasteiger partial charge < -0.3 is 4.98 Å². The van der Waals surface area contributed by atoms with Gasteiger partial charge in [-0.15, -0.1) is 11.8 Å². The van der Waals surface area contributed by atoms with Crippen molar-refractivity contribution >= 4 is 22.8 Å². The molecule has 3 heterocycles. The topological polar surface area (TPSA) is 57.4 Å². The second-order valence-corrected chi connectivity index (χ2v) is 4.29. The smallest absolute Gasteiger partial charge is 0.137 e. The summed E-state index contributed by atoms with van der Waals surface area (Å²) < 4.78 is 0. The molecule has 0 aliphatic heterocycles. The molecular formula is C11H10N4S. The molecular weight excluding hydrogens is 220 g/mol. The fourth-order valence-electron chi connectivity index (χ4n) is 1.64. The molecule has 4 nitrogen and oxygen atoms in total. The molecule has 0 fully saturated rings. The van der Waals surface area contributed by atoms with Gasteiger partial charge in [0.1, 0.15) is 11.3 Å². The van der Waals surface area contributed by atoms with Crippen molar-refractivity contribution in [2.45, 2.75) is 5.03 Å². The van der Waals surface area contributed by atoms with Gasteiger partial charge in [-0.05, 0) is 30.5 Å². The van der Waals surface area contributed by atoms with Crippen LogP contribution >= 0.6 is 11.8 Å². The average molecular weight is 230 g/mol. The van der Waals surface area contributed by atoms with Crippen molar-refractivity contribution in [1.29, 1.82) is 0 Å². The Morgan fingerprint density at radius 3 is 3.00 bits per heavy atom. The van der Waals surface area contributed by atoms with Gasteiger partial charge in [-0.2, -0.15) is 5.10 Å². The zero-order valence-corrected chi connectivity index (χ0v) is 9.51. The van der Waals surface area contributed by atoms with E-state index in [1.54, 1.807) is 18.0 Å². The molecule has 3 aromatic rings. The maximum atomic E-state index is 4.26. The van der Waals surface area contributed by atoms with Crippen LogP contribution in [0.4, 0.5) is 0 Å². The van der Waals surface area contributed by atoms with E-state index < -0.39 is 0 Å². The number of hydrogen-bond donors (Lipinski definition) is 2. The zero-order chi connectivity index (χ0) is 11.0. The maximum absolute atomic E-state index is 4.26. The van der Waals surface area contributed by atoms with E-state index in [-0.39, 0.29) is 0 Å². The molecule has 3 rings (SSSR count). The third-order valence-electron chi connectivity index (χ3n) is 2.44. The van der Waals surface area contributed by atoms with Crippen LogP contribution in [0.25, 0.3) is 22.4 Å². The van der Waals surface area contributed by atoms with Gasteiger partial charge >= 0.3 is 0 Å². The monoisotopic (exact) mass is 230 g/mol. The summed E-state index contributed by atoms with van der Waals surface area (Å²) in [6.45, 7) is 0. The molecule has 0 saturated heterocycles. The highest BCUT2D eigenvalue weighted by atomic mass is 32.2. The van der Waals surface area contributed by atoms with Crippen molar-refractivity contribution in [1.82, 2.24) is 20.2 Å². The first-order chi connectivity index (χ1) is 7.86. The Morgan fingerprint density at radius 2 is 2.25 bits per heavy atom. The molecule has 16 heavy (non-hydrogen) atoms. The lowest BCUT2D eigenvalue weighted by Crippen LogP contribution is -1.77. The van der Waals surface area contributed by atoms with Crippen LogP contribution < -0.4 is 0 Å². The van der Waals surface area contributed by atoms with Crippen molar-refractivity contribution in [3.63, 3.8) is 0 Å². The molecule has 0 saturated carbocycles. The van der Waals surface area contributed by atoms with Crippen LogP contribution in [0.2, 0.25) is 0 Å². The number of thioether (sulfide) groups is 1. The van der Waals surface area contributed by atoms with E-state index in [0.29, 0.717) is 0 Å². The number of fused-ring (bicyclic) bond motifs is 1. The van der Waals surface area contributed by atoms with Crippen LogP contribution in [0.15, 0.2) is 35.5 Å². The number of aromatic nitrogens is 4. The summed E-state index contributed by atoms with van der Waals surface area (Å²) in [5.41, 5.74) is 2.80. The minimum absolute atomic E-state index is 0.895. The summed E-state index contributed by atoms with van der Waals surface area (Å²) >= 11 is 1.64. The van der Waals surface area contributed by atoms with E-state index in [2.05, 4.69) is 26.2 Å². The molecule has 0 unspecified atom stereocenters. The van der Waals surface area contributed by atoms with Gasteiger partial charge in [0.2, 0.25) is 0 Å². The molecule has 80 valence electrons. The highest BCUT2D eigenvalue weighted by Crippen LogP contribution is 2.23. The van der Waals surface area contributed by atoms with Crippen molar-refractivity contribution in [2.75, 3.05) is 6.26 Å². The molecule has 0 spiro atoms. The van der Waals surface area contributed by atoms with Crippen molar-refractivity contribution in [3.8, 4) is 11.4 Å². The zero-order valence-electron chi connectivity index (χ0n) is 8.69. The summed E-state index contributed by atoms with van der Waals surface area (Å²) in [6.07, 6.45) is 3.80. The van der Waals surface area contributed by atoms with E-state index >= 15 is 0 Å². The molecule has 0 radical (unpaired) electrons. The summed E-state index contributed by atoms with van der Waals surface area (Å²) in [5.74, 6) is 0. The Morgan fingerprint density at radius 1 is 1.31 bits per heavy atom. The molecule has 3 aromatic heterocycles. The Kier molecular flexibility index (Phi) is 2.18. The number of pyridine rings is 1. The second kappa shape index (κ2) is 3.68. The highest BCUT2D eigenvalue weighted by Gasteiger charge is 2.07. The Hall–Kier alpha value is -1.75. The van der Waals surface area contributed by atoms with Crippen LogP contribution in [0, 0.1) is 0 Å². The van der Waals surface area contributed by atoms with Crippen LogP contribution in [-0.4, -0.2) is 26.4 Å². The first kappa shape index (κ1) is 9.47. The Labute approximate surface area is 96.5 Å². The number of nitrogens with one attached hydrogen (secondary N) is 2. The standard InChI is InChI=1S/C11H10N4S/c1-16-10-6-9(14-15-10)8-5-7-3-2-4-12-11(7)13-8/h2-6H,1H3,(H,12,13)(H,14,15). The lowest BCUT2D eigenvalue weighted by atomic mass is 10.3. The normalized spacial score (nSPS) is 11.1. The molecule has 0 aliphatic carbocycles. The van der Waals surface area contributed by atoms with Gasteiger partial charge in [0, 0.05) is 11.6 Å². The van der Waals surface area contributed by atoms with E-state index in [1.165, 1.54) is 0 Å². The fraction of sp³-hybridized carbons (Fsp3) is 0.0909. The first-order valence-electron chi connectivity index (χ1n) is 4.90. The van der Waals surface area contributed by atoms with Crippen LogP contribution in [0.1, 0.15) is 0 Å². The van der Waals surface area contributed by atoms with E-state index in [9.17, 15) is 0 Å². The SMILES string of the molecule is CSc1cc(-c2cc3cccnc3[nH]2)n[nH]1. The molecule has 0 atom stereocenters. The second-order valence-electron chi connectivity index (χ2n) is 3.45. The fourth-order valence-corrected chi connectivity index (χ4v) is 2.01. The number of H-pyrrole nitrogens is 2. The highest BCUT2D eigenvalue weighted by molar-refractivity contribution is 7.98. The summed E-state index contributed by atoms with van der Waals surface area (Å²) in [7, 11) is 0. The molecule has 5 heteroatoms. The molecule has 0 amide bonds. The minimum Gasteiger partial charge on any atom is -0.338 e. The van der Waals surface area contributed by atoms with E-state index in [1.807, 2.05) is 24.5 Å². The number of hydrogen-bond acceptors (Lipinski definition) is 3. The quantitative estimate of drug-likeness (QED) is 0.665. The van der Waals surface area contributed by atoms with Gasteiger partial charge in [-0.25, -0.2) is 4.98 Å². The third-order valence-corrected chi connectivity index (χ3v) is 3.09. The predicted molar refractivity (Wildman–Crippen MR) is 65.5 cm³/mol. The first-order valence-corrected chi connectivity index (χ1v) is 6.13. The third kappa shape index (κ3) is 1.49. The Balaban J connectivity index is 2.11. The number of aromatic amines is 2. The minimum atomic E-state index is 0.895. The molecule has 0 aromatic carbocycles. The molecule has 0 aliphatic rings. The maximum Gasteiger partial charge on any atom is 0.137 e. The predicted octanol–water partition coefficient (Wildman–Crippen LogP) is 2.67. The Bertz CT molecular complexity index is 592.